The monoisotopic (exact) mass is 284 g/mol. The van der Waals surface area contributed by atoms with Gasteiger partial charge in [0, 0.05) is 6.54 Å². The van der Waals surface area contributed by atoms with Crippen molar-refractivity contribution in [3.63, 3.8) is 0 Å². The van der Waals surface area contributed by atoms with Gasteiger partial charge in [-0.2, -0.15) is 0 Å². The van der Waals surface area contributed by atoms with Gasteiger partial charge < -0.3 is 5.32 Å². The zero-order valence-electron chi connectivity index (χ0n) is 10.1. The molecule has 0 atom stereocenters. The molecule has 2 N–H and O–H groups in total. The lowest BCUT2D eigenvalue weighted by Crippen LogP contribution is -2.39. The number of hydrogen-bond donors (Lipinski definition) is 2. The molecule has 0 aliphatic rings. The second-order valence-electron chi connectivity index (χ2n) is 3.60. The molecular weight excluding hydrogens is 268 g/mol. The molecule has 1 aromatic carbocycles. The topological polar surface area (TPSA) is 58.2 Å². The average molecular weight is 284 g/mol. The van der Waals surface area contributed by atoms with Crippen molar-refractivity contribution in [2.24, 2.45) is 0 Å². The van der Waals surface area contributed by atoms with Gasteiger partial charge in [-0.15, -0.1) is 6.58 Å². The first-order chi connectivity index (χ1) is 8.49. The average Bonchev–Trinajstić information content (AvgIpc) is 2.36. The van der Waals surface area contributed by atoms with Crippen LogP contribution in [0.1, 0.15) is 12.5 Å². The SMILES string of the molecule is C=CCNC(=S)NS(=O)(=O)c1ccc(CC)cc1. The minimum absolute atomic E-state index is 0.0643. The Bertz CT molecular complexity index is 522. The first kappa shape index (κ1) is 14.7. The van der Waals surface area contributed by atoms with Crippen LogP contribution in [0.5, 0.6) is 0 Å². The first-order valence-electron chi connectivity index (χ1n) is 5.50. The second-order valence-corrected chi connectivity index (χ2v) is 5.69. The maximum atomic E-state index is 11.9. The summed E-state index contributed by atoms with van der Waals surface area (Å²) in [6.07, 6.45) is 2.46. The maximum absolute atomic E-state index is 11.9. The van der Waals surface area contributed by atoms with Gasteiger partial charge in [-0.05, 0) is 36.3 Å². The van der Waals surface area contributed by atoms with Crippen molar-refractivity contribution >= 4 is 27.4 Å². The fourth-order valence-electron chi connectivity index (χ4n) is 1.29. The highest BCUT2D eigenvalue weighted by molar-refractivity contribution is 7.91. The summed E-state index contributed by atoms with van der Waals surface area (Å²) in [7, 11) is -3.60. The molecule has 0 aromatic heterocycles. The van der Waals surface area contributed by atoms with Crippen LogP contribution in [0.2, 0.25) is 0 Å². The summed E-state index contributed by atoms with van der Waals surface area (Å²) in [5.74, 6) is 0. The van der Waals surface area contributed by atoms with Gasteiger partial charge in [0.2, 0.25) is 0 Å². The standard InChI is InChI=1S/C12H16N2O2S2/c1-3-9-13-12(17)14-18(15,16)11-7-5-10(4-2)6-8-11/h3,5-8H,1,4,9H2,2H3,(H2,13,14,17). The van der Waals surface area contributed by atoms with E-state index in [1.165, 1.54) is 0 Å². The van der Waals surface area contributed by atoms with E-state index in [-0.39, 0.29) is 10.0 Å². The lowest BCUT2D eigenvalue weighted by atomic mass is 10.2. The fraction of sp³-hybridized carbons (Fsp3) is 0.250. The van der Waals surface area contributed by atoms with Crippen LogP contribution in [0, 0.1) is 0 Å². The lowest BCUT2D eigenvalue weighted by Gasteiger charge is -2.10. The Morgan fingerprint density at radius 3 is 2.50 bits per heavy atom. The zero-order valence-corrected chi connectivity index (χ0v) is 11.8. The quantitative estimate of drug-likeness (QED) is 0.637. The van der Waals surface area contributed by atoms with Gasteiger partial charge in [-0.1, -0.05) is 25.1 Å². The summed E-state index contributed by atoms with van der Waals surface area (Å²) in [4.78, 5) is 0.197. The third-order valence-corrected chi connectivity index (χ3v) is 4.02. The van der Waals surface area contributed by atoms with Gasteiger partial charge in [0.05, 0.1) is 4.90 Å². The fourth-order valence-corrected chi connectivity index (χ4v) is 2.63. The van der Waals surface area contributed by atoms with Crippen LogP contribution in [-0.4, -0.2) is 20.1 Å². The van der Waals surface area contributed by atoms with E-state index < -0.39 is 10.0 Å². The number of rotatable bonds is 5. The van der Waals surface area contributed by atoms with E-state index >= 15 is 0 Å². The van der Waals surface area contributed by atoms with Gasteiger partial charge in [0.1, 0.15) is 0 Å². The minimum atomic E-state index is -3.60. The van der Waals surface area contributed by atoms with E-state index in [0.29, 0.717) is 6.54 Å². The van der Waals surface area contributed by atoms with Gasteiger partial charge in [-0.25, -0.2) is 8.42 Å². The number of aryl methyl sites for hydroxylation is 1. The van der Waals surface area contributed by atoms with E-state index in [9.17, 15) is 8.42 Å². The van der Waals surface area contributed by atoms with Crippen molar-refractivity contribution in [3.8, 4) is 0 Å². The van der Waals surface area contributed by atoms with E-state index in [1.54, 1.807) is 30.3 Å². The van der Waals surface area contributed by atoms with Crippen LogP contribution in [0.3, 0.4) is 0 Å². The number of sulfonamides is 1. The molecule has 0 fully saturated rings. The molecule has 0 amide bonds. The largest absolute Gasteiger partial charge is 0.358 e. The predicted molar refractivity (Wildman–Crippen MR) is 76.9 cm³/mol. The minimum Gasteiger partial charge on any atom is -0.358 e. The third kappa shape index (κ3) is 4.12. The highest BCUT2D eigenvalue weighted by Crippen LogP contribution is 2.10. The van der Waals surface area contributed by atoms with Crippen LogP contribution in [0.15, 0.2) is 41.8 Å². The van der Waals surface area contributed by atoms with Crippen molar-refractivity contribution in [3.05, 3.63) is 42.5 Å². The van der Waals surface area contributed by atoms with E-state index in [2.05, 4.69) is 16.6 Å². The van der Waals surface area contributed by atoms with Crippen molar-refractivity contribution in [1.82, 2.24) is 10.0 Å². The van der Waals surface area contributed by atoms with Gasteiger partial charge >= 0.3 is 0 Å². The predicted octanol–water partition coefficient (Wildman–Crippen LogP) is 1.59. The number of nitrogens with one attached hydrogen (secondary N) is 2. The molecule has 0 unspecified atom stereocenters. The van der Waals surface area contributed by atoms with Crippen LogP contribution in [0.4, 0.5) is 0 Å². The van der Waals surface area contributed by atoms with E-state index in [4.69, 9.17) is 12.2 Å². The first-order valence-corrected chi connectivity index (χ1v) is 7.39. The van der Waals surface area contributed by atoms with Crippen molar-refractivity contribution in [2.45, 2.75) is 18.2 Å². The number of thiocarbonyl (C=S) groups is 1. The normalized spacial score (nSPS) is 10.7. The Labute approximate surface area is 113 Å². The summed E-state index contributed by atoms with van der Waals surface area (Å²) >= 11 is 4.87. The molecule has 0 heterocycles. The maximum Gasteiger partial charge on any atom is 0.263 e. The summed E-state index contributed by atoms with van der Waals surface area (Å²) in [6, 6.07) is 6.71. The Morgan fingerprint density at radius 2 is 2.00 bits per heavy atom. The summed E-state index contributed by atoms with van der Waals surface area (Å²) < 4.78 is 26.2. The Morgan fingerprint density at radius 1 is 1.39 bits per heavy atom. The van der Waals surface area contributed by atoms with Crippen LogP contribution >= 0.6 is 12.2 Å². The van der Waals surface area contributed by atoms with Gasteiger partial charge in [0.25, 0.3) is 10.0 Å². The van der Waals surface area contributed by atoms with E-state index in [0.717, 1.165) is 12.0 Å². The van der Waals surface area contributed by atoms with Crippen molar-refractivity contribution < 1.29 is 8.42 Å². The molecule has 0 aliphatic heterocycles. The molecule has 0 saturated carbocycles. The molecular formula is C12H16N2O2S2. The molecule has 98 valence electrons. The molecule has 0 radical (unpaired) electrons. The molecule has 0 spiro atoms. The summed E-state index contributed by atoms with van der Waals surface area (Å²) in [5.41, 5.74) is 1.08. The molecule has 1 aromatic rings. The lowest BCUT2D eigenvalue weighted by molar-refractivity contribution is 0.592. The zero-order chi connectivity index (χ0) is 13.6. The highest BCUT2D eigenvalue weighted by atomic mass is 32.2. The van der Waals surface area contributed by atoms with Crippen molar-refractivity contribution in [2.75, 3.05) is 6.54 Å². The number of benzene rings is 1. The Hall–Kier alpha value is -1.40. The van der Waals surface area contributed by atoms with E-state index in [1.807, 2.05) is 6.92 Å². The van der Waals surface area contributed by atoms with Crippen LogP contribution < -0.4 is 10.0 Å². The van der Waals surface area contributed by atoms with Gasteiger partial charge in [-0.3, -0.25) is 4.72 Å². The van der Waals surface area contributed by atoms with Crippen LogP contribution in [-0.2, 0) is 16.4 Å². The smallest absolute Gasteiger partial charge is 0.263 e. The second kappa shape index (κ2) is 6.51. The molecule has 6 heteroatoms. The third-order valence-electron chi connectivity index (χ3n) is 2.28. The molecule has 4 nitrogen and oxygen atoms in total. The Kier molecular flexibility index (Phi) is 5.30. The van der Waals surface area contributed by atoms with Gasteiger partial charge in [0.15, 0.2) is 5.11 Å². The highest BCUT2D eigenvalue weighted by Gasteiger charge is 2.14. The van der Waals surface area contributed by atoms with Crippen molar-refractivity contribution in [1.29, 1.82) is 0 Å². The Balaban J connectivity index is 2.79. The number of hydrogen-bond acceptors (Lipinski definition) is 3. The molecule has 0 bridgehead atoms. The molecule has 0 saturated heterocycles. The summed E-state index contributed by atoms with van der Waals surface area (Å²) in [5, 5.41) is 2.77. The van der Waals surface area contributed by atoms with Crippen LogP contribution in [0.25, 0.3) is 0 Å². The summed E-state index contributed by atoms with van der Waals surface area (Å²) in [6.45, 7) is 5.93. The molecule has 1 rings (SSSR count). The molecule has 0 aliphatic carbocycles. The molecule has 18 heavy (non-hydrogen) atoms.